The first kappa shape index (κ1) is 11.4. The second-order valence-electron chi connectivity index (χ2n) is 5.32. The smallest absolute Gasteiger partial charge is 0.0457 e. The number of para-hydroxylation sites is 2. The molecule has 0 radical (unpaired) electrons. The molecular formula is C18H16N2. The van der Waals surface area contributed by atoms with Gasteiger partial charge in [-0.15, -0.1) is 0 Å². The maximum atomic E-state index is 3.53. The van der Waals surface area contributed by atoms with Crippen LogP contribution in [0.5, 0.6) is 0 Å². The quantitative estimate of drug-likeness (QED) is 0.519. The largest absolute Gasteiger partial charge is 0.361 e. The van der Waals surface area contributed by atoms with Crippen LogP contribution in [0, 0.1) is 0 Å². The van der Waals surface area contributed by atoms with Crippen molar-refractivity contribution in [3.63, 3.8) is 0 Å². The third kappa shape index (κ3) is 1.65. The van der Waals surface area contributed by atoms with E-state index in [0.29, 0.717) is 5.92 Å². The Morgan fingerprint density at radius 2 is 1.65 bits per heavy atom. The van der Waals surface area contributed by atoms with Crippen molar-refractivity contribution in [2.45, 2.75) is 12.8 Å². The van der Waals surface area contributed by atoms with Crippen LogP contribution in [0.3, 0.4) is 0 Å². The zero-order valence-corrected chi connectivity index (χ0v) is 11.4. The van der Waals surface area contributed by atoms with E-state index < -0.39 is 0 Å². The Bertz CT molecular complexity index is 849. The van der Waals surface area contributed by atoms with E-state index in [0.717, 1.165) is 0 Å². The third-order valence-electron chi connectivity index (χ3n) is 4.11. The average molecular weight is 260 g/mol. The fraction of sp³-hybridized carbons (Fsp3) is 0.111. The molecule has 2 nitrogen and oxygen atoms in total. The topological polar surface area (TPSA) is 31.6 Å². The molecule has 0 aliphatic heterocycles. The molecule has 2 aromatic carbocycles. The number of rotatable bonds is 2. The minimum atomic E-state index is 0.346. The van der Waals surface area contributed by atoms with Crippen molar-refractivity contribution in [1.82, 2.24) is 9.97 Å². The first-order chi connectivity index (χ1) is 9.83. The molecule has 98 valence electrons. The van der Waals surface area contributed by atoms with Gasteiger partial charge in [0.15, 0.2) is 0 Å². The highest BCUT2D eigenvalue weighted by Crippen LogP contribution is 2.31. The Morgan fingerprint density at radius 3 is 2.50 bits per heavy atom. The van der Waals surface area contributed by atoms with E-state index in [1.165, 1.54) is 33.1 Å². The lowest BCUT2D eigenvalue weighted by Gasteiger charge is -2.08. The zero-order valence-electron chi connectivity index (χ0n) is 11.4. The van der Waals surface area contributed by atoms with Gasteiger partial charge in [-0.25, -0.2) is 0 Å². The third-order valence-corrected chi connectivity index (χ3v) is 4.11. The fourth-order valence-corrected chi connectivity index (χ4v) is 2.95. The van der Waals surface area contributed by atoms with Crippen LogP contribution in [0.15, 0.2) is 60.8 Å². The standard InChI is InChI=1S/C18H16N2/c1-12(15-11-19-17-9-5-3-7-14(15)17)18-10-13-6-2-4-8-16(13)20-18/h2-12,19-20H,1H3. The van der Waals surface area contributed by atoms with E-state index in [4.69, 9.17) is 0 Å². The highest BCUT2D eigenvalue weighted by Gasteiger charge is 2.14. The number of H-pyrrole nitrogens is 2. The van der Waals surface area contributed by atoms with Crippen molar-refractivity contribution in [1.29, 1.82) is 0 Å². The van der Waals surface area contributed by atoms with E-state index in [2.05, 4.69) is 77.7 Å². The molecule has 20 heavy (non-hydrogen) atoms. The summed E-state index contributed by atoms with van der Waals surface area (Å²) in [6.07, 6.45) is 2.13. The molecule has 0 bridgehead atoms. The van der Waals surface area contributed by atoms with Gasteiger partial charge in [-0.05, 0) is 29.1 Å². The van der Waals surface area contributed by atoms with Gasteiger partial charge >= 0.3 is 0 Å². The summed E-state index contributed by atoms with van der Waals surface area (Å²) in [5.41, 5.74) is 5.00. The normalized spacial score (nSPS) is 13.1. The zero-order chi connectivity index (χ0) is 13.5. The molecule has 0 spiro atoms. The number of nitrogens with one attached hydrogen (secondary N) is 2. The van der Waals surface area contributed by atoms with E-state index >= 15 is 0 Å². The van der Waals surface area contributed by atoms with Crippen LogP contribution in [0.4, 0.5) is 0 Å². The maximum absolute atomic E-state index is 3.53. The summed E-state index contributed by atoms with van der Waals surface area (Å²) in [6.45, 7) is 2.25. The molecule has 2 N–H and O–H groups in total. The van der Waals surface area contributed by atoms with Crippen molar-refractivity contribution in [2.24, 2.45) is 0 Å². The molecule has 4 aromatic rings. The lowest BCUT2D eigenvalue weighted by atomic mass is 9.97. The van der Waals surface area contributed by atoms with E-state index in [1.807, 2.05) is 0 Å². The molecule has 0 aliphatic rings. The first-order valence-electron chi connectivity index (χ1n) is 6.96. The Balaban J connectivity index is 1.85. The lowest BCUT2D eigenvalue weighted by Crippen LogP contribution is -1.94. The van der Waals surface area contributed by atoms with E-state index in [-0.39, 0.29) is 0 Å². The van der Waals surface area contributed by atoms with Crippen molar-refractivity contribution >= 4 is 21.8 Å². The molecule has 2 heteroatoms. The van der Waals surface area contributed by atoms with Gasteiger partial charge in [0.25, 0.3) is 0 Å². The summed E-state index contributed by atoms with van der Waals surface area (Å²) in [5, 5.41) is 2.58. The summed E-state index contributed by atoms with van der Waals surface area (Å²) >= 11 is 0. The Labute approximate surface area is 117 Å². The summed E-state index contributed by atoms with van der Waals surface area (Å²) in [6, 6.07) is 19.1. The second kappa shape index (κ2) is 4.27. The number of fused-ring (bicyclic) bond motifs is 2. The number of aromatic amines is 2. The number of hydrogen-bond donors (Lipinski definition) is 2. The molecule has 2 aromatic heterocycles. The van der Waals surface area contributed by atoms with E-state index in [9.17, 15) is 0 Å². The van der Waals surface area contributed by atoms with Gasteiger partial charge < -0.3 is 9.97 Å². The number of benzene rings is 2. The fourth-order valence-electron chi connectivity index (χ4n) is 2.95. The molecule has 0 saturated carbocycles. The minimum Gasteiger partial charge on any atom is -0.361 e. The second-order valence-corrected chi connectivity index (χ2v) is 5.32. The lowest BCUT2D eigenvalue weighted by molar-refractivity contribution is 0.896. The van der Waals surface area contributed by atoms with Gasteiger partial charge in [-0.1, -0.05) is 43.3 Å². The van der Waals surface area contributed by atoms with Gasteiger partial charge in [0, 0.05) is 34.2 Å². The molecule has 0 amide bonds. The van der Waals surface area contributed by atoms with Gasteiger partial charge in [0.1, 0.15) is 0 Å². The molecule has 1 atom stereocenters. The number of aromatic nitrogens is 2. The monoisotopic (exact) mass is 260 g/mol. The minimum absolute atomic E-state index is 0.346. The predicted molar refractivity (Wildman–Crippen MR) is 84.1 cm³/mol. The molecule has 1 unspecified atom stereocenters. The predicted octanol–water partition coefficient (Wildman–Crippen LogP) is 4.80. The van der Waals surface area contributed by atoms with Gasteiger partial charge in [0.2, 0.25) is 0 Å². The molecular weight excluding hydrogens is 244 g/mol. The number of hydrogen-bond acceptors (Lipinski definition) is 0. The average Bonchev–Trinajstić information content (AvgIpc) is 3.10. The van der Waals surface area contributed by atoms with Crippen molar-refractivity contribution in [3.8, 4) is 0 Å². The van der Waals surface area contributed by atoms with Crippen molar-refractivity contribution in [2.75, 3.05) is 0 Å². The van der Waals surface area contributed by atoms with Crippen LogP contribution in [-0.4, -0.2) is 9.97 Å². The Hall–Kier alpha value is -2.48. The molecule has 4 rings (SSSR count). The SMILES string of the molecule is CC(c1cc2ccccc2[nH]1)c1c[nH]c2ccccc12. The van der Waals surface area contributed by atoms with Crippen LogP contribution >= 0.6 is 0 Å². The van der Waals surface area contributed by atoms with Gasteiger partial charge in [-0.2, -0.15) is 0 Å². The summed E-state index contributed by atoms with van der Waals surface area (Å²) < 4.78 is 0. The molecule has 0 saturated heterocycles. The van der Waals surface area contributed by atoms with Crippen LogP contribution in [0.2, 0.25) is 0 Å². The van der Waals surface area contributed by atoms with Gasteiger partial charge in [-0.3, -0.25) is 0 Å². The molecule has 2 heterocycles. The van der Waals surface area contributed by atoms with Crippen LogP contribution in [0.25, 0.3) is 21.8 Å². The Kier molecular flexibility index (Phi) is 2.43. The first-order valence-corrected chi connectivity index (χ1v) is 6.96. The Morgan fingerprint density at radius 1 is 0.900 bits per heavy atom. The maximum Gasteiger partial charge on any atom is 0.0457 e. The molecule has 0 aliphatic carbocycles. The van der Waals surface area contributed by atoms with Crippen LogP contribution in [0.1, 0.15) is 24.1 Å². The summed E-state index contributed by atoms with van der Waals surface area (Å²) in [7, 11) is 0. The van der Waals surface area contributed by atoms with Crippen LogP contribution < -0.4 is 0 Å². The highest BCUT2D eigenvalue weighted by atomic mass is 14.7. The summed E-state index contributed by atoms with van der Waals surface area (Å²) in [4.78, 5) is 6.89. The highest BCUT2D eigenvalue weighted by molar-refractivity contribution is 5.85. The van der Waals surface area contributed by atoms with Gasteiger partial charge in [0.05, 0.1) is 0 Å². The van der Waals surface area contributed by atoms with Crippen molar-refractivity contribution in [3.05, 3.63) is 72.1 Å². The van der Waals surface area contributed by atoms with Crippen LogP contribution in [-0.2, 0) is 0 Å². The van der Waals surface area contributed by atoms with Crippen molar-refractivity contribution < 1.29 is 0 Å². The summed E-state index contributed by atoms with van der Waals surface area (Å²) in [5.74, 6) is 0.346. The molecule has 0 fully saturated rings. The van der Waals surface area contributed by atoms with E-state index in [1.54, 1.807) is 0 Å².